The van der Waals surface area contributed by atoms with Crippen molar-refractivity contribution in [3.05, 3.63) is 12.2 Å². The highest BCUT2D eigenvalue weighted by Gasteiger charge is 2.34. The van der Waals surface area contributed by atoms with Crippen molar-refractivity contribution in [1.29, 1.82) is 0 Å². The van der Waals surface area contributed by atoms with Gasteiger partial charge in [-0.1, -0.05) is 13.5 Å². The second-order valence-electron chi connectivity index (χ2n) is 3.45. The number of hydrogen-bond donors (Lipinski definition) is 1. The van der Waals surface area contributed by atoms with E-state index in [1.807, 2.05) is 6.92 Å². The first-order chi connectivity index (χ1) is 6.57. The molecule has 1 fully saturated rings. The number of likely N-dealkylation sites (tertiary alicyclic amines) is 1. The average molecular weight is 197 g/mol. The second-order valence-corrected chi connectivity index (χ2v) is 3.45. The molecule has 78 valence electrons. The minimum Gasteiger partial charge on any atom is -0.480 e. The van der Waals surface area contributed by atoms with Crippen LogP contribution < -0.4 is 0 Å². The molecule has 0 aromatic rings. The number of hydrogen-bond acceptors (Lipinski definition) is 2. The Kier molecular flexibility index (Phi) is 3.28. The van der Waals surface area contributed by atoms with Crippen LogP contribution in [-0.4, -0.2) is 34.5 Å². The fourth-order valence-corrected chi connectivity index (χ4v) is 1.62. The van der Waals surface area contributed by atoms with Crippen molar-refractivity contribution < 1.29 is 14.7 Å². The van der Waals surface area contributed by atoms with E-state index in [1.54, 1.807) is 0 Å². The van der Waals surface area contributed by atoms with Crippen molar-refractivity contribution in [2.45, 2.75) is 32.2 Å². The molecule has 1 saturated heterocycles. The van der Waals surface area contributed by atoms with Crippen LogP contribution in [0.1, 0.15) is 26.2 Å². The molecule has 0 aliphatic carbocycles. The summed E-state index contributed by atoms with van der Waals surface area (Å²) in [7, 11) is 0. The lowest BCUT2D eigenvalue weighted by molar-refractivity contribution is -0.146. The molecule has 1 aliphatic rings. The first-order valence-electron chi connectivity index (χ1n) is 4.79. The van der Waals surface area contributed by atoms with Crippen LogP contribution in [0.4, 0.5) is 0 Å². The lowest BCUT2D eigenvalue weighted by Gasteiger charge is -2.21. The maximum atomic E-state index is 11.7. The van der Waals surface area contributed by atoms with Crippen LogP contribution in [0.15, 0.2) is 12.2 Å². The molecule has 0 aromatic heterocycles. The third-order valence-electron chi connectivity index (χ3n) is 2.53. The van der Waals surface area contributed by atoms with Crippen LogP contribution in [0.3, 0.4) is 0 Å². The smallest absolute Gasteiger partial charge is 0.326 e. The lowest BCUT2D eigenvalue weighted by atomic mass is 10.2. The van der Waals surface area contributed by atoms with Crippen molar-refractivity contribution >= 4 is 11.9 Å². The van der Waals surface area contributed by atoms with Gasteiger partial charge in [0.05, 0.1) is 0 Å². The van der Waals surface area contributed by atoms with E-state index >= 15 is 0 Å². The molecule has 0 aromatic carbocycles. The molecule has 4 nitrogen and oxygen atoms in total. The molecule has 0 saturated carbocycles. The Morgan fingerprint density at radius 3 is 2.71 bits per heavy atom. The Balaban J connectivity index is 2.72. The Morgan fingerprint density at radius 2 is 2.21 bits per heavy atom. The maximum Gasteiger partial charge on any atom is 0.326 e. The molecule has 1 N–H and O–H groups in total. The van der Waals surface area contributed by atoms with Gasteiger partial charge in [0.2, 0.25) is 5.91 Å². The summed E-state index contributed by atoms with van der Waals surface area (Å²) in [5.74, 6) is -1.13. The molecule has 4 heteroatoms. The number of carbonyl (C=O) groups excluding carboxylic acids is 1. The predicted octanol–water partition coefficient (Wildman–Crippen LogP) is 1.03. The number of carboxylic acid groups (broad SMARTS) is 1. The first kappa shape index (κ1) is 10.8. The largest absolute Gasteiger partial charge is 0.480 e. The van der Waals surface area contributed by atoms with Crippen LogP contribution in [-0.2, 0) is 9.59 Å². The molecular weight excluding hydrogens is 182 g/mol. The standard InChI is InChI=1S/C10H15NO3/c1-3-7(2)9(12)11-6-4-5-8(11)10(13)14/h8H,2-6H2,1H3,(H,13,14)/t8-/m1/s1. The van der Waals surface area contributed by atoms with Crippen molar-refractivity contribution in [1.82, 2.24) is 4.90 Å². The van der Waals surface area contributed by atoms with E-state index in [2.05, 4.69) is 6.58 Å². The molecule has 1 rings (SSSR count). The normalized spacial score (nSPS) is 20.9. The number of carboxylic acids is 1. The third kappa shape index (κ3) is 1.95. The Bertz CT molecular complexity index is 273. The van der Waals surface area contributed by atoms with E-state index in [1.165, 1.54) is 4.90 Å². The number of nitrogens with zero attached hydrogens (tertiary/aromatic N) is 1. The average Bonchev–Trinajstić information content (AvgIpc) is 2.63. The number of amides is 1. The maximum absolute atomic E-state index is 11.7. The molecule has 1 aliphatic heterocycles. The molecule has 14 heavy (non-hydrogen) atoms. The molecule has 0 bridgehead atoms. The molecule has 0 unspecified atom stereocenters. The van der Waals surface area contributed by atoms with E-state index in [0.717, 1.165) is 6.42 Å². The molecule has 1 heterocycles. The SMILES string of the molecule is C=C(CC)C(=O)N1CCC[C@@H]1C(=O)O. The summed E-state index contributed by atoms with van der Waals surface area (Å²) in [6.45, 7) is 6.00. The number of aliphatic carboxylic acids is 1. The Labute approximate surface area is 83.2 Å². The van der Waals surface area contributed by atoms with Gasteiger partial charge in [-0.2, -0.15) is 0 Å². The van der Waals surface area contributed by atoms with Crippen LogP contribution in [0.2, 0.25) is 0 Å². The zero-order valence-electron chi connectivity index (χ0n) is 8.32. The van der Waals surface area contributed by atoms with Gasteiger partial charge in [0.15, 0.2) is 0 Å². The molecule has 0 spiro atoms. The summed E-state index contributed by atoms with van der Waals surface area (Å²) in [4.78, 5) is 23.9. The highest BCUT2D eigenvalue weighted by Crippen LogP contribution is 2.20. The second kappa shape index (κ2) is 4.26. The van der Waals surface area contributed by atoms with Gasteiger partial charge in [-0.15, -0.1) is 0 Å². The van der Waals surface area contributed by atoms with Gasteiger partial charge in [0, 0.05) is 12.1 Å². The first-order valence-corrected chi connectivity index (χ1v) is 4.79. The highest BCUT2D eigenvalue weighted by atomic mass is 16.4. The summed E-state index contributed by atoms with van der Waals surface area (Å²) in [6.07, 6.45) is 1.89. The quantitative estimate of drug-likeness (QED) is 0.687. The van der Waals surface area contributed by atoms with E-state index in [0.29, 0.717) is 25.0 Å². The Hall–Kier alpha value is -1.32. The molecule has 1 amide bonds. The van der Waals surface area contributed by atoms with Crippen LogP contribution in [0.25, 0.3) is 0 Å². The summed E-state index contributed by atoms with van der Waals surface area (Å²) >= 11 is 0. The molecule has 0 radical (unpaired) electrons. The van der Waals surface area contributed by atoms with Crippen molar-refractivity contribution in [2.75, 3.05) is 6.54 Å². The van der Waals surface area contributed by atoms with Gasteiger partial charge >= 0.3 is 5.97 Å². The molecule has 1 atom stereocenters. The minimum absolute atomic E-state index is 0.211. The van der Waals surface area contributed by atoms with Gasteiger partial charge in [-0.3, -0.25) is 4.79 Å². The van der Waals surface area contributed by atoms with E-state index in [-0.39, 0.29) is 5.91 Å². The van der Waals surface area contributed by atoms with Gasteiger partial charge in [-0.05, 0) is 19.3 Å². The summed E-state index contributed by atoms with van der Waals surface area (Å²) < 4.78 is 0. The van der Waals surface area contributed by atoms with Gasteiger partial charge in [-0.25, -0.2) is 4.79 Å². The number of rotatable bonds is 3. The zero-order chi connectivity index (χ0) is 10.7. The minimum atomic E-state index is -0.917. The van der Waals surface area contributed by atoms with E-state index < -0.39 is 12.0 Å². The molecular formula is C10H15NO3. The predicted molar refractivity (Wildman–Crippen MR) is 51.8 cm³/mol. The van der Waals surface area contributed by atoms with Crippen LogP contribution >= 0.6 is 0 Å². The van der Waals surface area contributed by atoms with Gasteiger partial charge in [0.25, 0.3) is 0 Å². The lowest BCUT2D eigenvalue weighted by Crippen LogP contribution is -2.40. The highest BCUT2D eigenvalue weighted by molar-refractivity contribution is 5.95. The van der Waals surface area contributed by atoms with E-state index in [4.69, 9.17) is 5.11 Å². The van der Waals surface area contributed by atoms with Crippen molar-refractivity contribution in [3.63, 3.8) is 0 Å². The third-order valence-corrected chi connectivity index (χ3v) is 2.53. The zero-order valence-corrected chi connectivity index (χ0v) is 8.32. The van der Waals surface area contributed by atoms with Gasteiger partial charge < -0.3 is 10.0 Å². The van der Waals surface area contributed by atoms with E-state index in [9.17, 15) is 9.59 Å². The van der Waals surface area contributed by atoms with Crippen LogP contribution in [0, 0.1) is 0 Å². The number of carbonyl (C=O) groups is 2. The fraction of sp³-hybridized carbons (Fsp3) is 0.600. The Morgan fingerprint density at radius 1 is 1.57 bits per heavy atom. The topological polar surface area (TPSA) is 57.6 Å². The fourth-order valence-electron chi connectivity index (χ4n) is 1.62. The monoisotopic (exact) mass is 197 g/mol. The van der Waals surface area contributed by atoms with Crippen LogP contribution in [0.5, 0.6) is 0 Å². The van der Waals surface area contributed by atoms with Gasteiger partial charge in [0.1, 0.15) is 6.04 Å². The summed E-state index contributed by atoms with van der Waals surface area (Å²) in [5.41, 5.74) is 0.484. The summed E-state index contributed by atoms with van der Waals surface area (Å²) in [5, 5.41) is 8.86. The summed E-state index contributed by atoms with van der Waals surface area (Å²) in [6, 6.07) is -0.647. The van der Waals surface area contributed by atoms with Crippen molar-refractivity contribution in [3.8, 4) is 0 Å². The van der Waals surface area contributed by atoms with Crippen molar-refractivity contribution in [2.24, 2.45) is 0 Å².